The van der Waals surface area contributed by atoms with Crippen molar-refractivity contribution in [2.75, 3.05) is 6.54 Å². The highest BCUT2D eigenvalue weighted by Gasteiger charge is 1.95. The molecule has 0 radical (unpaired) electrons. The van der Waals surface area contributed by atoms with E-state index in [4.69, 9.17) is 5.73 Å². The van der Waals surface area contributed by atoms with E-state index in [1.165, 1.54) is 0 Å². The Bertz CT molecular complexity index is 503. The molecule has 0 aliphatic carbocycles. The molecule has 0 saturated carbocycles. The Kier molecular flexibility index (Phi) is 2.70. The Morgan fingerprint density at radius 2 is 1.87 bits per heavy atom. The van der Waals surface area contributed by atoms with Crippen LogP contribution in [-0.2, 0) is 0 Å². The first-order valence-electron chi connectivity index (χ1n) is 4.89. The quantitative estimate of drug-likeness (QED) is 0.780. The summed E-state index contributed by atoms with van der Waals surface area (Å²) in [6.07, 6.45) is 3.88. The fraction of sp³-hybridized carbons (Fsp3) is 0.0769. The molecular weight excluding hydrogens is 186 g/mol. The van der Waals surface area contributed by atoms with Crippen LogP contribution in [0.15, 0.2) is 42.5 Å². The Labute approximate surface area is 88.7 Å². The third kappa shape index (κ3) is 2.17. The van der Waals surface area contributed by atoms with Crippen LogP contribution in [0, 0.1) is 0 Å². The molecule has 0 heterocycles. The van der Waals surface area contributed by atoms with Crippen LogP contribution in [0.1, 0.15) is 5.56 Å². The Morgan fingerprint density at radius 3 is 2.67 bits per heavy atom. The standard InChI is InChI=1S/C13H13NO/c14-7-1-2-10-3-4-11-5-6-13(15)9-12(11)8-10/h1-6,8-9,15H,7,14H2. The van der Waals surface area contributed by atoms with Crippen molar-refractivity contribution in [3.63, 3.8) is 0 Å². The van der Waals surface area contributed by atoms with Crippen molar-refractivity contribution in [1.29, 1.82) is 0 Å². The maximum Gasteiger partial charge on any atom is 0.116 e. The first-order valence-corrected chi connectivity index (χ1v) is 4.89. The molecule has 76 valence electrons. The van der Waals surface area contributed by atoms with E-state index in [1.54, 1.807) is 12.1 Å². The minimum absolute atomic E-state index is 0.294. The topological polar surface area (TPSA) is 46.2 Å². The van der Waals surface area contributed by atoms with E-state index in [9.17, 15) is 5.11 Å². The summed E-state index contributed by atoms with van der Waals surface area (Å²) in [6, 6.07) is 11.5. The molecule has 2 heteroatoms. The molecular formula is C13H13NO. The van der Waals surface area contributed by atoms with E-state index in [1.807, 2.05) is 36.4 Å². The predicted octanol–water partition coefficient (Wildman–Crippen LogP) is 2.52. The van der Waals surface area contributed by atoms with Crippen molar-refractivity contribution in [1.82, 2.24) is 0 Å². The van der Waals surface area contributed by atoms with E-state index in [0.717, 1.165) is 16.3 Å². The number of phenols is 1. The highest BCUT2D eigenvalue weighted by atomic mass is 16.3. The van der Waals surface area contributed by atoms with Gasteiger partial charge in [0.05, 0.1) is 0 Å². The summed E-state index contributed by atoms with van der Waals surface area (Å²) >= 11 is 0. The monoisotopic (exact) mass is 199 g/mol. The summed E-state index contributed by atoms with van der Waals surface area (Å²) in [4.78, 5) is 0. The molecule has 0 aliphatic heterocycles. The van der Waals surface area contributed by atoms with Crippen LogP contribution in [0.3, 0.4) is 0 Å². The second-order valence-corrected chi connectivity index (χ2v) is 3.43. The second kappa shape index (κ2) is 4.15. The zero-order valence-corrected chi connectivity index (χ0v) is 8.35. The molecule has 0 unspecified atom stereocenters. The number of aromatic hydroxyl groups is 1. The fourth-order valence-corrected chi connectivity index (χ4v) is 1.56. The van der Waals surface area contributed by atoms with Crippen LogP contribution in [0.5, 0.6) is 5.75 Å². The molecule has 0 aliphatic rings. The number of phenolic OH excluding ortho intramolecular Hbond substituents is 1. The molecule has 15 heavy (non-hydrogen) atoms. The lowest BCUT2D eigenvalue weighted by Gasteiger charge is -2.00. The van der Waals surface area contributed by atoms with Gasteiger partial charge in [0.1, 0.15) is 5.75 Å². The van der Waals surface area contributed by atoms with Gasteiger partial charge in [-0.05, 0) is 34.5 Å². The van der Waals surface area contributed by atoms with Crippen molar-refractivity contribution >= 4 is 16.8 Å². The van der Waals surface area contributed by atoms with E-state index in [2.05, 4.69) is 0 Å². The van der Waals surface area contributed by atoms with Gasteiger partial charge in [0.25, 0.3) is 0 Å². The molecule has 0 fully saturated rings. The minimum atomic E-state index is 0.294. The zero-order chi connectivity index (χ0) is 10.7. The van der Waals surface area contributed by atoms with Crippen LogP contribution < -0.4 is 5.73 Å². The Morgan fingerprint density at radius 1 is 1.07 bits per heavy atom. The maximum atomic E-state index is 9.36. The highest BCUT2D eigenvalue weighted by Crippen LogP contribution is 2.21. The lowest BCUT2D eigenvalue weighted by molar-refractivity contribution is 0.476. The Hall–Kier alpha value is -1.80. The van der Waals surface area contributed by atoms with Gasteiger partial charge < -0.3 is 10.8 Å². The van der Waals surface area contributed by atoms with Crippen molar-refractivity contribution in [3.05, 3.63) is 48.0 Å². The number of hydrogen-bond acceptors (Lipinski definition) is 2. The second-order valence-electron chi connectivity index (χ2n) is 3.43. The van der Waals surface area contributed by atoms with Crippen LogP contribution in [-0.4, -0.2) is 11.7 Å². The molecule has 2 aromatic rings. The smallest absolute Gasteiger partial charge is 0.116 e. The largest absolute Gasteiger partial charge is 0.508 e. The number of benzene rings is 2. The average Bonchev–Trinajstić information content (AvgIpc) is 2.25. The van der Waals surface area contributed by atoms with E-state index in [-0.39, 0.29) is 0 Å². The summed E-state index contributed by atoms with van der Waals surface area (Å²) in [5.74, 6) is 0.294. The van der Waals surface area contributed by atoms with E-state index in [0.29, 0.717) is 12.3 Å². The number of hydrogen-bond donors (Lipinski definition) is 2. The van der Waals surface area contributed by atoms with Crippen LogP contribution in [0.25, 0.3) is 16.8 Å². The van der Waals surface area contributed by atoms with E-state index < -0.39 is 0 Å². The average molecular weight is 199 g/mol. The highest BCUT2D eigenvalue weighted by molar-refractivity contribution is 5.85. The maximum absolute atomic E-state index is 9.36. The van der Waals surface area contributed by atoms with Gasteiger partial charge >= 0.3 is 0 Å². The summed E-state index contributed by atoms with van der Waals surface area (Å²) in [6.45, 7) is 0.540. The Balaban J connectivity index is 2.49. The first-order chi connectivity index (χ1) is 7.29. The van der Waals surface area contributed by atoms with Crippen LogP contribution in [0.2, 0.25) is 0 Å². The predicted molar refractivity (Wildman–Crippen MR) is 63.7 cm³/mol. The van der Waals surface area contributed by atoms with Crippen LogP contribution in [0.4, 0.5) is 0 Å². The van der Waals surface area contributed by atoms with Gasteiger partial charge in [-0.15, -0.1) is 0 Å². The van der Waals surface area contributed by atoms with Gasteiger partial charge in [0, 0.05) is 6.54 Å². The minimum Gasteiger partial charge on any atom is -0.508 e. The third-order valence-corrected chi connectivity index (χ3v) is 2.29. The molecule has 2 aromatic carbocycles. The molecule has 0 aromatic heterocycles. The van der Waals surface area contributed by atoms with Crippen molar-refractivity contribution < 1.29 is 5.11 Å². The summed E-state index contributed by atoms with van der Waals surface area (Å²) in [5.41, 5.74) is 6.48. The number of nitrogens with two attached hydrogens (primary N) is 1. The zero-order valence-electron chi connectivity index (χ0n) is 8.35. The van der Waals surface area contributed by atoms with Crippen molar-refractivity contribution in [2.24, 2.45) is 5.73 Å². The lowest BCUT2D eigenvalue weighted by atomic mass is 10.1. The summed E-state index contributed by atoms with van der Waals surface area (Å²) in [7, 11) is 0. The normalized spacial score (nSPS) is 11.3. The molecule has 0 atom stereocenters. The molecule has 0 bridgehead atoms. The SMILES string of the molecule is NCC=Cc1ccc2ccc(O)cc2c1. The van der Waals surface area contributed by atoms with Gasteiger partial charge in [-0.2, -0.15) is 0 Å². The number of rotatable bonds is 2. The van der Waals surface area contributed by atoms with Gasteiger partial charge in [-0.1, -0.05) is 30.4 Å². The summed E-state index contributed by atoms with van der Waals surface area (Å²) < 4.78 is 0. The van der Waals surface area contributed by atoms with Gasteiger partial charge in [-0.3, -0.25) is 0 Å². The molecule has 3 N–H and O–H groups in total. The van der Waals surface area contributed by atoms with Crippen LogP contribution >= 0.6 is 0 Å². The van der Waals surface area contributed by atoms with Crippen molar-refractivity contribution in [3.8, 4) is 5.75 Å². The first kappa shape index (κ1) is 9.74. The fourth-order valence-electron chi connectivity index (χ4n) is 1.56. The van der Waals surface area contributed by atoms with Crippen molar-refractivity contribution in [2.45, 2.75) is 0 Å². The van der Waals surface area contributed by atoms with E-state index >= 15 is 0 Å². The van der Waals surface area contributed by atoms with Gasteiger partial charge in [0.15, 0.2) is 0 Å². The molecule has 0 spiro atoms. The molecule has 0 amide bonds. The number of fused-ring (bicyclic) bond motifs is 1. The molecule has 2 nitrogen and oxygen atoms in total. The summed E-state index contributed by atoms with van der Waals surface area (Å²) in [5, 5.41) is 11.5. The van der Waals surface area contributed by atoms with Gasteiger partial charge in [0.2, 0.25) is 0 Å². The lowest BCUT2D eigenvalue weighted by Crippen LogP contribution is -1.91. The molecule has 0 saturated heterocycles. The third-order valence-electron chi connectivity index (χ3n) is 2.29. The van der Waals surface area contributed by atoms with Gasteiger partial charge in [-0.25, -0.2) is 0 Å². The molecule has 2 rings (SSSR count).